The summed E-state index contributed by atoms with van der Waals surface area (Å²) in [5, 5.41) is 16.5. The van der Waals surface area contributed by atoms with Crippen molar-refractivity contribution in [3.8, 4) is 11.5 Å². The Hall–Kier alpha value is -1.44. The highest BCUT2D eigenvalue weighted by molar-refractivity contribution is 14.1. The zero-order valence-corrected chi connectivity index (χ0v) is 12.5. The molecule has 5 nitrogen and oxygen atoms in total. The predicted octanol–water partition coefficient (Wildman–Crippen LogP) is 3.06. The van der Waals surface area contributed by atoms with Crippen molar-refractivity contribution in [2.24, 2.45) is 0 Å². The van der Waals surface area contributed by atoms with Crippen molar-refractivity contribution in [3.63, 3.8) is 0 Å². The minimum Gasteiger partial charge on any atom is -0.481 e. The number of halogens is 1. The standard InChI is InChI=1S/C13H13IN2O3/c1-8-4-2-5-9(12(8)14)13-16-15-10(19-13)6-3-7-11(17)18/h2,4-5H,3,6-7H2,1H3,(H,17,18). The summed E-state index contributed by atoms with van der Waals surface area (Å²) in [6, 6.07) is 5.90. The van der Waals surface area contributed by atoms with Crippen molar-refractivity contribution in [2.75, 3.05) is 0 Å². The molecule has 0 saturated heterocycles. The summed E-state index contributed by atoms with van der Waals surface area (Å²) in [6.45, 7) is 2.02. The van der Waals surface area contributed by atoms with Crippen LogP contribution in [-0.2, 0) is 11.2 Å². The van der Waals surface area contributed by atoms with E-state index >= 15 is 0 Å². The number of aliphatic carboxylic acids is 1. The fourth-order valence-corrected chi connectivity index (χ4v) is 2.26. The maximum atomic E-state index is 10.4. The summed E-state index contributed by atoms with van der Waals surface area (Å²) in [5.41, 5.74) is 2.07. The van der Waals surface area contributed by atoms with Crippen LogP contribution in [0.5, 0.6) is 0 Å². The van der Waals surface area contributed by atoms with Gasteiger partial charge in [0.15, 0.2) is 0 Å². The molecule has 100 valence electrons. The summed E-state index contributed by atoms with van der Waals surface area (Å²) in [7, 11) is 0. The zero-order valence-electron chi connectivity index (χ0n) is 10.4. The van der Waals surface area contributed by atoms with Crippen LogP contribution in [0, 0.1) is 10.5 Å². The first-order valence-electron chi connectivity index (χ1n) is 5.87. The third-order valence-corrected chi connectivity index (χ3v) is 4.10. The third kappa shape index (κ3) is 3.52. The van der Waals surface area contributed by atoms with Crippen molar-refractivity contribution in [1.82, 2.24) is 10.2 Å². The summed E-state index contributed by atoms with van der Waals surface area (Å²) in [6.07, 6.45) is 1.10. The number of rotatable bonds is 5. The molecule has 2 rings (SSSR count). The molecule has 0 radical (unpaired) electrons. The number of carbonyl (C=O) groups is 1. The van der Waals surface area contributed by atoms with E-state index in [2.05, 4.69) is 32.8 Å². The highest BCUT2D eigenvalue weighted by atomic mass is 127. The normalized spacial score (nSPS) is 10.6. The Morgan fingerprint density at radius 2 is 2.21 bits per heavy atom. The molecule has 0 unspecified atom stereocenters. The van der Waals surface area contributed by atoms with Crippen LogP contribution in [0.15, 0.2) is 22.6 Å². The molecule has 0 fully saturated rings. The number of nitrogens with zero attached hydrogens (tertiary/aromatic N) is 2. The van der Waals surface area contributed by atoms with E-state index < -0.39 is 5.97 Å². The Morgan fingerprint density at radius 1 is 1.42 bits per heavy atom. The molecule has 0 aliphatic heterocycles. The highest BCUT2D eigenvalue weighted by Gasteiger charge is 2.12. The van der Waals surface area contributed by atoms with Crippen LogP contribution >= 0.6 is 22.6 Å². The average Bonchev–Trinajstić information content (AvgIpc) is 2.81. The Labute approximate surface area is 124 Å². The first kappa shape index (κ1) is 14.0. The molecule has 0 aliphatic rings. The number of benzene rings is 1. The molecule has 0 atom stereocenters. The predicted molar refractivity (Wildman–Crippen MR) is 77.8 cm³/mol. The molecule has 0 bridgehead atoms. The first-order valence-corrected chi connectivity index (χ1v) is 6.95. The third-order valence-electron chi connectivity index (χ3n) is 2.67. The molecular formula is C13H13IN2O3. The largest absolute Gasteiger partial charge is 0.481 e. The Morgan fingerprint density at radius 3 is 2.95 bits per heavy atom. The second kappa shape index (κ2) is 6.14. The molecule has 0 aliphatic carbocycles. The van der Waals surface area contributed by atoms with E-state index in [1.165, 1.54) is 0 Å². The maximum Gasteiger partial charge on any atom is 0.303 e. The van der Waals surface area contributed by atoms with Gasteiger partial charge in [0.2, 0.25) is 11.8 Å². The lowest BCUT2D eigenvalue weighted by Crippen LogP contribution is -1.95. The van der Waals surface area contributed by atoms with E-state index in [-0.39, 0.29) is 6.42 Å². The van der Waals surface area contributed by atoms with Crippen molar-refractivity contribution in [3.05, 3.63) is 33.2 Å². The molecule has 0 saturated carbocycles. The molecule has 1 aromatic heterocycles. The lowest BCUT2D eigenvalue weighted by molar-refractivity contribution is -0.137. The maximum absolute atomic E-state index is 10.4. The van der Waals surface area contributed by atoms with Gasteiger partial charge in [-0.3, -0.25) is 4.79 Å². The van der Waals surface area contributed by atoms with Crippen molar-refractivity contribution < 1.29 is 14.3 Å². The van der Waals surface area contributed by atoms with Gasteiger partial charge in [0.05, 0.1) is 5.56 Å². The summed E-state index contributed by atoms with van der Waals surface area (Å²) in [5.74, 6) is 0.153. The summed E-state index contributed by atoms with van der Waals surface area (Å²) in [4.78, 5) is 10.4. The quantitative estimate of drug-likeness (QED) is 0.817. The molecule has 1 N–H and O–H groups in total. The number of carboxylic acids is 1. The van der Waals surface area contributed by atoms with Gasteiger partial charge in [-0.15, -0.1) is 10.2 Å². The number of hydrogen-bond donors (Lipinski definition) is 1. The van der Waals surface area contributed by atoms with Gasteiger partial charge in [0, 0.05) is 16.4 Å². The summed E-state index contributed by atoms with van der Waals surface area (Å²) < 4.78 is 6.65. The van der Waals surface area contributed by atoms with Crippen LogP contribution in [0.1, 0.15) is 24.3 Å². The molecule has 0 amide bonds. The van der Waals surface area contributed by atoms with Gasteiger partial charge in [0.1, 0.15) is 0 Å². The van der Waals surface area contributed by atoms with Crippen LogP contribution in [-0.4, -0.2) is 21.3 Å². The van der Waals surface area contributed by atoms with Gasteiger partial charge in [-0.2, -0.15) is 0 Å². The van der Waals surface area contributed by atoms with E-state index in [1.54, 1.807) is 0 Å². The second-order valence-corrected chi connectivity index (χ2v) is 5.26. The SMILES string of the molecule is Cc1cccc(-c2nnc(CCCC(=O)O)o2)c1I. The lowest BCUT2D eigenvalue weighted by atomic mass is 10.1. The zero-order chi connectivity index (χ0) is 13.8. The van der Waals surface area contributed by atoms with Crippen LogP contribution < -0.4 is 0 Å². The van der Waals surface area contributed by atoms with Gasteiger partial charge < -0.3 is 9.52 Å². The van der Waals surface area contributed by atoms with Crippen LogP contribution in [0.3, 0.4) is 0 Å². The van der Waals surface area contributed by atoms with Gasteiger partial charge in [-0.1, -0.05) is 12.1 Å². The van der Waals surface area contributed by atoms with Crippen molar-refractivity contribution in [1.29, 1.82) is 0 Å². The van der Waals surface area contributed by atoms with E-state index in [0.29, 0.717) is 24.6 Å². The van der Waals surface area contributed by atoms with E-state index in [9.17, 15) is 4.79 Å². The van der Waals surface area contributed by atoms with Crippen LogP contribution in [0.4, 0.5) is 0 Å². The van der Waals surface area contributed by atoms with Crippen LogP contribution in [0.25, 0.3) is 11.5 Å². The van der Waals surface area contributed by atoms with Gasteiger partial charge in [0.25, 0.3) is 0 Å². The smallest absolute Gasteiger partial charge is 0.303 e. The van der Waals surface area contributed by atoms with E-state index in [1.807, 2.05) is 25.1 Å². The van der Waals surface area contributed by atoms with Crippen molar-refractivity contribution >= 4 is 28.6 Å². The first-order chi connectivity index (χ1) is 9.08. The molecular weight excluding hydrogens is 359 g/mol. The Kier molecular flexibility index (Phi) is 4.52. The van der Waals surface area contributed by atoms with E-state index in [4.69, 9.17) is 9.52 Å². The molecule has 6 heteroatoms. The topological polar surface area (TPSA) is 76.2 Å². The average molecular weight is 372 g/mol. The van der Waals surface area contributed by atoms with Crippen LogP contribution in [0.2, 0.25) is 0 Å². The second-order valence-electron chi connectivity index (χ2n) is 4.18. The van der Waals surface area contributed by atoms with Gasteiger partial charge in [-0.05, 0) is 47.6 Å². The van der Waals surface area contributed by atoms with Crippen molar-refractivity contribution in [2.45, 2.75) is 26.2 Å². The number of hydrogen-bond acceptors (Lipinski definition) is 4. The number of aromatic nitrogens is 2. The minimum atomic E-state index is -0.812. The van der Waals surface area contributed by atoms with Gasteiger partial charge in [-0.25, -0.2) is 0 Å². The number of aryl methyl sites for hydroxylation is 2. The monoisotopic (exact) mass is 372 g/mol. The molecule has 1 heterocycles. The Balaban J connectivity index is 2.12. The van der Waals surface area contributed by atoms with E-state index in [0.717, 1.165) is 14.7 Å². The number of carboxylic acid groups (broad SMARTS) is 1. The van der Waals surface area contributed by atoms with Gasteiger partial charge >= 0.3 is 5.97 Å². The minimum absolute atomic E-state index is 0.111. The summed E-state index contributed by atoms with van der Waals surface area (Å²) >= 11 is 2.25. The molecule has 0 spiro atoms. The highest BCUT2D eigenvalue weighted by Crippen LogP contribution is 2.26. The Bertz CT molecular complexity index is 595. The molecule has 1 aromatic carbocycles. The molecule has 2 aromatic rings. The molecule has 19 heavy (non-hydrogen) atoms. The lowest BCUT2D eigenvalue weighted by Gasteiger charge is -2.01. The fourth-order valence-electron chi connectivity index (χ4n) is 1.67. The fraction of sp³-hybridized carbons (Fsp3) is 0.308.